The number of imidazole rings is 1. The molecule has 10 nitrogen and oxygen atoms in total. The van der Waals surface area contributed by atoms with Crippen LogP contribution in [-0.4, -0.2) is 55.8 Å². The van der Waals surface area contributed by atoms with Crippen LogP contribution in [-0.2, 0) is 24.1 Å². The summed E-state index contributed by atoms with van der Waals surface area (Å²) in [7, 11) is 0. The Morgan fingerprint density at radius 2 is 1.92 bits per heavy atom. The summed E-state index contributed by atoms with van der Waals surface area (Å²) in [6, 6.07) is 7.96. The van der Waals surface area contributed by atoms with Crippen molar-refractivity contribution >= 4 is 28.4 Å². The van der Waals surface area contributed by atoms with Gasteiger partial charge in [-0.15, -0.1) is 0 Å². The van der Waals surface area contributed by atoms with Crippen LogP contribution in [0.4, 0.5) is 18.9 Å². The van der Waals surface area contributed by atoms with E-state index in [1.165, 1.54) is 10.7 Å². The van der Waals surface area contributed by atoms with Crippen molar-refractivity contribution in [2.75, 3.05) is 25.0 Å². The summed E-state index contributed by atoms with van der Waals surface area (Å²) in [5.41, 5.74) is -0.541. The van der Waals surface area contributed by atoms with Gasteiger partial charge in [-0.05, 0) is 30.3 Å². The van der Waals surface area contributed by atoms with Crippen LogP contribution in [0.5, 0.6) is 0 Å². The first-order chi connectivity index (χ1) is 17.3. The second-order valence-corrected chi connectivity index (χ2v) is 7.86. The molecule has 4 rings (SSSR count). The van der Waals surface area contributed by atoms with Crippen molar-refractivity contribution < 1.29 is 22.8 Å². The summed E-state index contributed by atoms with van der Waals surface area (Å²) in [6.07, 6.45) is 2.34. The number of anilines is 1. The van der Waals surface area contributed by atoms with Gasteiger partial charge in [0, 0.05) is 55.8 Å². The molecule has 0 atom stereocenters. The number of nitrogens with zero attached hydrogens (tertiary/aromatic N) is 5. The Bertz CT molecular complexity index is 1330. The second-order valence-electron chi connectivity index (χ2n) is 7.86. The number of nitrogens with one attached hydrogen (secondary N) is 3. The fourth-order valence-electron chi connectivity index (χ4n) is 3.40. The molecule has 0 saturated heterocycles. The van der Waals surface area contributed by atoms with Crippen LogP contribution in [0.25, 0.3) is 10.9 Å². The maximum atomic E-state index is 12.9. The summed E-state index contributed by atoms with van der Waals surface area (Å²) in [4.78, 5) is 32.0. The molecular formula is C23H23F3N8O2. The summed E-state index contributed by atoms with van der Waals surface area (Å²) in [5, 5.41) is 13.6. The van der Waals surface area contributed by atoms with Crippen molar-refractivity contribution in [3.63, 3.8) is 0 Å². The van der Waals surface area contributed by atoms with Crippen molar-refractivity contribution in [2.24, 2.45) is 0 Å². The smallest absolute Gasteiger partial charge is 0.353 e. The number of hydrogen-bond donors (Lipinski definition) is 3. The Morgan fingerprint density at radius 3 is 2.69 bits per heavy atom. The summed E-state index contributed by atoms with van der Waals surface area (Å²) in [6.45, 7) is 2.63. The first-order valence-electron chi connectivity index (χ1n) is 11.0. The Morgan fingerprint density at radius 1 is 1.06 bits per heavy atom. The lowest BCUT2D eigenvalue weighted by atomic mass is 10.2. The Balaban J connectivity index is 1.27. The second kappa shape index (κ2) is 11.0. The number of alkyl halides is 3. The van der Waals surface area contributed by atoms with Crippen LogP contribution in [0.3, 0.4) is 0 Å². The average molecular weight is 500 g/mol. The van der Waals surface area contributed by atoms with Gasteiger partial charge in [0.2, 0.25) is 5.91 Å². The SMILES string of the molecule is O=C(Cn1cc2cc(NC(=O)c3cccc(C(F)(F)F)n3)ccc2n1)NCCNCCn1ccnc1. The Kier molecular flexibility index (Phi) is 7.59. The largest absolute Gasteiger partial charge is 0.433 e. The minimum Gasteiger partial charge on any atom is -0.353 e. The van der Waals surface area contributed by atoms with Crippen LogP contribution < -0.4 is 16.0 Å². The highest BCUT2D eigenvalue weighted by Crippen LogP contribution is 2.27. The van der Waals surface area contributed by atoms with Crippen molar-refractivity contribution in [1.29, 1.82) is 0 Å². The molecule has 188 valence electrons. The number of halogens is 3. The van der Waals surface area contributed by atoms with Gasteiger partial charge in [-0.25, -0.2) is 9.97 Å². The molecule has 4 aromatic rings. The Labute approximate surface area is 203 Å². The number of carbonyl (C=O) groups is 2. The van der Waals surface area contributed by atoms with E-state index in [0.29, 0.717) is 29.7 Å². The van der Waals surface area contributed by atoms with Gasteiger partial charge in [0.15, 0.2) is 0 Å². The maximum absolute atomic E-state index is 12.9. The van der Waals surface area contributed by atoms with E-state index in [2.05, 4.69) is 31.0 Å². The van der Waals surface area contributed by atoms with Gasteiger partial charge in [-0.2, -0.15) is 18.3 Å². The molecule has 0 spiro atoms. The number of pyridine rings is 1. The maximum Gasteiger partial charge on any atom is 0.433 e. The highest BCUT2D eigenvalue weighted by molar-refractivity contribution is 6.03. The van der Waals surface area contributed by atoms with Crippen LogP contribution >= 0.6 is 0 Å². The number of aromatic nitrogens is 5. The van der Waals surface area contributed by atoms with Crippen molar-refractivity contribution in [3.8, 4) is 0 Å². The molecule has 0 aliphatic carbocycles. The van der Waals surface area contributed by atoms with Gasteiger partial charge >= 0.3 is 6.18 Å². The van der Waals surface area contributed by atoms with Crippen molar-refractivity contribution in [2.45, 2.75) is 19.3 Å². The van der Waals surface area contributed by atoms with E-state index in [0.717, 1.165) is 25.2 Å². The number of fused-ring (bicyclic) bond motifs is 1. The van der Waals surface area contributed by atoms with E-state index < -0.39 is 17.8 Å². The average Bonchev–Trinajstić information content (AvgIpc) is 3.50. The molecule has 36 heavy (non-hydrogen) atoms. The zero-order chi connectivity index (χ0) is 25.5. The lowest BCUT2D eigenvalue weighted by Gasteiger charge is -2.08. The molecule has 1 aromatic carbocycles. The molecule has 13 heteroatoms. The monoisotopic (exact) mass is 500 g/mol. The van der Waals surface area contributed by atoms with Crippen molar-refractivity contribution in [1.82, 2.24) is 34.9 Å². The lowest BCUT2D eigenvalue weighted by molar-refractivity contribution is -0.141. The van der Waals surface area contributed by atoms with Gasteiger partial charge < -0.3 is 20.5 Å². The number of carbonyl (C=O) groups excluding carboxylic acids is 2. The van der Waals surface area contributed by atoms with Gasteiger partial charge in [0.1, 0.15) is 17.9 Å². The quantitative estimate of drug-likeness (QED) is 0.288. The molecule has 0 fully saturated rings. The van der Waals surface area contributed by atoms with Crippen LogP contribution in [0.15, 0.2) is 61.3 Å². The fourth-order valence-corrected chi connectivity index (χ4v) is 3.40. The molecule has 0 unspecified atom stereocenters. The van der Waals surface area contributed by atoms with E-state index in [9.17, 15) is 22.8 Å². The zero-order valence-electron chi connectivity index (χ0n) is 19.0. The van der Waals surface area contributed by atoms with Crippen LogP contribution in [0.1, 0.15) is 16.2 Å². The minimum atomic E-state index is -4.65. The highest BCUT2D eigenvalue weighted by atomic mass is 19.4. The third kappa shape index (κ3) is 6.66. The van der Waals surface area contributed by atoms with Gasteiger partial charge in [0.05, 0.1) is 11.8 Å². The predicted octanol–water partition coefficient (Wildman–Crippen LogP) is 2.30. The molecular weight excluding hydrogens is 477 g/mol. The number of benzene rings is 1. The first kappa shape index (κ1) is 24.9. The van der Waals surface area contributed by atoms with E-state index >= 15 is 0 Å². The molecule has 3 N–H and O–H groups in total. The third-order valence-corrected chi connectivity index (χ3v) is 5.12. The van der Waals surface area contributed by atoms with E-state index in [4.69, 9.17) is 0 Å². The van der Waals surface area contributed by atoms with E-state index in [1.54, 1.807) is 36.9 Å². The van der Waals surface area contributed by atoms with Crippen molar-refractivity contribution in [3.05, 3.63) is 72.7 Å². The molecule has 3 heterocycles. The number of hydrogen-bond acceptors (Lipinski definition) is 6. The molecule has 2 amide bonds. The molecule has 0 bridgehead atoms. The normalized spacial score (nSPS) is 11.5. The number of rotatable bonds is 10. The molecule has 0 aliphatic rings. The van der Waals surface area contributed by atoms with Gasteiger partial charge in [-0.3, -0.25) is 14.3 Å². The fraction of sp³-hybridized carbons (Fsp3) is 0.261. The van der Waals surface area contributed by atoms with Crippen LogP contribution in [0, 0.1) is 0 Å². The van der Waals surface area contributed by atoms with E-state index in [-0.39, 0.29) is 18.1 Å². The van der Waals surface area contributed by atoms with Gasteiger partial charge in [-0.1, -0.05) is 6.07 Å². The topological polar surface area (TPSA) is 119 Å². The number of amides is 2. The minimum absolute atomic E-state index is 0.0135. The molecule has 3 aromatic heterocycles. The third-order valence-electron chi connectivity index (χ3n) is 5.12. The summed E-state index contributed by atoms with van der Waals surface area (Å²) < 4.78 is 42.0. The Hall–Kier alpha value is -4.26. The van der Waals surface area contributed by atoms with Gasteiger partial charge in [0.25, 0.3) is 5.91 Å². The standard InChI is InChI=1S/C23H23F3N8O2/c24-23(25,26)20-3-1-2-19(31-20)22(36)30-17-4-5-18-16(12-17)13-34(32-18)14-21(35)29-7-6-27-8-10-33-11-9-28-15-33/h1-5,9,11-13,15,27H,6-8,10,14H2,(H,29,35)(H,30,36). The van der Waals surface area contributed by atoms with E-state index in [1.807, 2.05) is 10.8 Å². The molecule has 0 radical (unpaired) electrons. The highest BCUT2D eigenvalue weighted by Gasteiger charge is 2.32. The lowest BCUT2D eigenvalue weighted by Crippen LogP contribution is -2.34. The summed E-state index contributed by atoms with van der Waals surface area (Å²) in [5.74, 6) is -0.978. The predicted molar refractivity (Wildman–Crippen MR) is 125 cm³/mol. The first-order valence-corrected chi connectivity index (χ1v) is 11.0. The zero-order valence-corrected chi connectivity index (χ0v) is 19.0. The molecule has 0 aliphatic heterocycles. The molecule has 0 saturated carbocycles. The van der Waals surface area contributed by atoms with Crippen LogP contribution in [0.2, 0.25) is 0 Å². The summed E-state index contributed by atoms with van der Waals surface area (Å²) >= 11 is 0.